The summed E-state index contributed by atoms with van der Waals surface area (Å²) in [5, 5.41) is 38.9. The molecule has 1 saturated carbocycles. The Morgan fingerprint density at radius 3 is 2.51 bits per heavy atom. The number of nitrogen functional groups attached to an aromatic ring is 1. The molecule has 1 aliphatic carbocycles. The molecule has 0 radical (unpaired) electrons. The molecule has 9 unspecified atom stereocenters. The minimum Gasteiger partial charge on any atom is -0.464 e. The van der Waals surface area contributed by atoms with Gasteiger partial charge in [0, 0.05) is 30.6 Å². The van der Waals surface area contributed by atoms with Crippen LogP contribution in [0.4, 0.5) is 5.82 Å². The molecule has 15 nitrogen and oxygen atoms in total. The summed E-state index contributed by atoms with van der Waals surface area (Å²) in [5.74, 6) is -2.46. The molecule has 2 aromatic rings. The van der Waals surface area contributed by atoms with Gasteiger partial charge in [-0.05, 0) is 12.3 Å². The quantitative estimate of drug-likeness (QED) is 0.0881. The molecule has 3 heterocycles. The molecule has 0 bridgehead atoms. The van der Waals surface area contributed by atoms with Gasteiger partial charge in [-0.2, -0.15) is 0 Å². The summed E-state index contributed by atoms with van der Waals surface area (Å²) >= 11 is 0. The van der Waals surface area contributed by atoms with E-state index in [1.54, 1.807) is 6.20 Å². The zero-order valence-electron chi connectivity index (χ0n) is 23.4. The maximum atomic E-state index is 13.3. The highest BCUT2D eigenvalue weighted by atomic mass is 16.5. The number of amides is 1. The number of nitrogens with zero attached hydrogens (tertiary/aromatic N) is 3. The van der Waals surface area contributed by atoms with Gasteiger partial charge in [0.2, 0.25) is 5.91 Å². The molecule has 2 aliphatic rings. The normalized spacial score (nSPS) is 30.4. The number of esters is 1. The van der Waals surface area contributed by atoms with Gasteiger partial charge >= 0.3 is 5.97 Å². The fourth-order valence-electron chi connectivity index (χ4n) is 6.41. The first kappa shape index (κ1) is 30.4. The molecule has 2 fully saturated rings. The lowest BCUT2D eigenvalue weighted by Crippen LogP contribution is -2.51. The number of hydrogen-bond acceptors (Lipinski definition) is 11. The number of aliphatic hydroxyl groups is 3. The van der Waals surface area contributed by atoms with Crippen LogP contribution in [0.3, 0.4) is 0 Å². The number of anilines is 1. The van der Waals surface area contributed by atoms with E-state index in [1.165, 1.54) is 13.3 Å². The van der Waals surface area contributed by atoms with Crippen molar-refractivity contribution in [3.05, 3.63) is 18.1 Å². The lowest BCUT2D eigenvalue weighted by molar-refractivity contribution is -0.153. The summed E-state index contributed by atoms with van der Waals surface area (Å²) in [7, 11) is 0. The Morgan fingerprint density at radius 1 is 1.17 bits per heavy atom. The molecule has 41 heavy (non-hydrogen) atoms. The number of nitrogens with two attached hydrogens (primary N) is 3. The van der Waals surface area contributed by atoms with Gasteiger partial charge in [0.15, 0.2) is 11.8 Å². The maximum Gasteiger partial charge on any atom is 0.311 e. The Morgan fingerprint density at radius 2 is 1.88 bits per heavy atom. The molecule has 1 aliphatic heterocycles. The van der Waals surface area contributed by atoms with Crippen molar-refractivity contribution in [3.8, 4) is 0 Å². The number of carbonyl (C=O) groups excluding carboxylic acids is 2. The Kier molecular flexibility index (Phi) is 9.31. The number of guanidine groups is 1. The second-order valence-corrected chi connectivity index (χ2v) is 10.9. The van der Waals surface area contributed by atoms with Crippen molar-refractivity contribution >= 4 is 34.7 Å². The predicted molar refractivity (Wildman–Crippen MR) is 150 cm³/mol. The van der Waals surface area contributed by atoms with E-state index in [0.29, 0.717) is 16.6 Å². The largest absolute Gasteiger partial charge is 0.464 e. The Hall–Kier alpha value is -3.53. The number of aliphatic hydroxyl groups excluding tert-OH is 3. The maximum absolute atomic E-state index is 13.3. The van der Waals surface area contributed by atoms with E-state index in [1.807, 2.05) is 13.8 Å². The zero-order valence-corrected chi connectivity index (χ0v) is 23.4. The number of hydrogen-bond donors (Lipinski definition) is 9. The van der Waals surface area contributed by atoms with Crippen LogP contribution in [-0.4, -0.2) is 91.2 Å². The first-order valence-corrected chi connectivity index (χ1v) is 13.9. The standard InChI is InChI=1S/C26H41N9O6/c1-4-11(5-2)17(33-10(3)36)16-14(35-26(28)29)6-12(21(16)37)25(40)41-8-15-22(38)23(39)19(34-15)13-7-30-20-18(13)31-9-32-24(20)27/h7,9,11-12,14-17,19,21-23,30,34,37-39H,4-6,8H2,1-3H3,(H,33,36)(H2,27,31,32)(H4,28,29,35). The average Bonchev–Trinajstić information content (AvgIpc) is 3.57. The van der Waals surface area contributed by atoms with E-state index in [0.717, 1.165) is 12.8 Å². The number of aromatic amines is 1. The van der Waals surface area contributed by atoms with Crippen molar-refractivity contribution in [1.82, 2.24) is 25.6 Å². The average molecular weight is 576 g/mol. The van der Waals surface area contributed by atoms with Crippen molar-refractivity contribution in [3.63, 3.8) is 0 Å². The number of aromatic nitrogens is 3. The van der Waals surface area contributed by atoms with Crippen molar-refractivity contribution < 1.29 is 29.6 Å². The number of H-pyrrole nitrogens is 1. The molecule has 9 atom stereocenters. The zero-order chi connectivity index (χ0) is 30.0. The van der Waals surface area contributed by atoms with Crippen LogP contribution in [-0.2, 0) is 14.3 Å². The van der Waals surface area contributed by atoms with Crippen LogP contribution in [0.5, 0.6) is 0 Å². The second-order valence-electron chi connectivity index (χ2n) is 10.9. The Bertz CT molecular complexity index is 1260. The summed E-state index contributed by atoms with van der Waals surface area (Å²) in [4.78, 5) is 40.8. The van der Waals surface area contributed by atoms with E-state index >= 15 is 0 Å². The van der Waals surface area contributed by atoms with E-state index in [2.05, 4.69) is 30.6 Å². The minimum absolute atomic E-state index is 0.0198. The molecule has 1 saturated heterocycles. The third kappa shape index (κ3) is 6.07. The Labute approximate surface area is 237 Å². The van der Waals surface area contributed by atoms with E-state index in [9.17, 15) is 24.9 Å². The summed E-state index contributed by atoms with van der Waals surface area (Å²) in [5.41, 5.74) is 18.8. The van der Waals surface area contributed by atoms with Crippen molar-refractivity contribution in [1.29, 1.82) is 0 Å². The molecule has 1 amide bonds. The van der Waals surface area contributed by atoms with Crippen LogP contribution < -0.4 is 27.8 Å². The van der Waals surface area contributed by atoms with Gasteiger partial charge in [-0.15, -0.1) is 0 Å². The van der Waals surface area contributed by atoms with Crippen molar-refractivity contribution in [2.24, 2.45) is 34.2 Å². The first-order chi connectivity index (χ1) is 19.5. The SMILES string of the molecule is CCC(CC)C(NC(C)=O)C1C(N=C(N)N)CC(C(=O)OCC2NC(c3c[nH]c4c(N)ncnc34)C(O)C2O)C1O. The molecular formula is C26H41N9O6. The van der Waals surface area contributed by atoms with Gasteiger partial charge in [0.1, 0.15) is 30.7 Å². The van der Waals surface area contributed by atoms with Gasteiger partial charge < -0.3 is 47.6 Å². The van der Waals surface area contributed by atoms with E-state index in [4.69, 9.17) is 21.9 Å². The molecule has 2 aromatic heterocycles. The van der Waals surface area contributed by atoms with Crippen molar-refractivity contribution in [2.75, 3.05) is 12.3 Å². The smallest absolute Gasteiger partial charge is 0.311 e. The number of rotatable bonds is 10. The van der Waals surface area contributed by atoms with Gasteiger partial charge in [-0.1, -0.05) is 26.7 Å². The predicted octanol–water partition coefficient (Wildman–Crippen LogP) is -1.60. The molecule has 0 aromatic carbocycles. The van der Waals surface area contributed by atoms with Crippen LogP contribution in [0.1, 0.15) is 51.6 Å². The van der Waals surface area contributed by atoms with E-state index in [-0.39, 0.29) is 36.6 Å². The highest BCUT2D eigenvalue weighted by Gasteiger charge is 2.52. The lowest BCUT2D eigenvalue weighted by Gasteiger charge is -2.35. The number of carbonyl (C=O) groups is 2. The highest BCUT2D eigenvalue weighted by molar-refractivity contribution is 5.87. The van der Waals surface area contributed by atoms with Crippen LogP contribution in [0.15, 0.2) is 17.5 Å². The number of nitrogens with one attached hydrogen (secondary N) is 3. The van der Waals surface area contributed by atoms with Crippen LogP contribution in [0, 0.1) is 17.8 Å². The third-order valence-electron chi connectivity index (χ3n) is 8.46. The summed E-state index contributed by atoms with van der Waals surface area (Å²) in [6, 6.07) is -2.61. The monoisotopic (exact) mass is 575 g/mol. The summed E-state index contributed by atoms with van der Waals surface area (Å²) in [6.45, 7) is 5.12. The number of aliphatic imine (C=N–C) groups is 1. The first-order valence-electron chi connectivity index (χ1n) is 13.9. The van der Waals surface area contributed by atoms with Gasteiger partial charge in [0.25, 0.3) is 0 Å². The van der Waals surface area contributed by atoms with Crippen LogP contribution in [0.2, 0.25) is 0 Å². The molecule has 12 N–H and O–H groups in total. The van der Waals surface area contributed by atoms with Gasteiger partial charge in [0.05, 0.1) is 35.7 Å². The summed E-state index contributed by atoms with van der Waals surface area (Å²) < 4.78 is 5.56. The molecule has 15 heteroatoms. The summed E-state index contributed by atoms with van der Waals surface area (Å²) in [6.07, 6.45) is 0.844. The molecule has 226 valence electrons. The molecule has 4 rings (SSSR count). The number of fused-ring (bicyclic) bond motifs is 1. The van der Waals surface area contributed by atoms with Crippen LogP contribution in [0.25, 0.3) is 11.0 Å². The van der Waals surface area contributed by atoms with Crippen LogP contribution >= 0.6 is 0 Å². The Balaban J connectivity index is 1.48. The number of ether oxygens (including phenoxy) is 1. The fraction of sp³-hybridized carbons (Fsp3) is 0.654. The van der Waals surface area contributed by atoms with Gasteiger partial charge in [-0.3, -0.25) is 14.9 Å². The lowest BCUT2D eigenvalue weighted by atomic mass is 9.80. The van der Waals surface area contributed by atoms with E-state index < -0.39 is 60.3 Å². The second kappa shape index (κ2) is 12.5. The van der Waals surface area contributed by atoms with Gasteiger partial charge in [-0.25, -0.2) is 15.0 Å². The molecule has 0 spiro atoms. The highest BCUT2D eigenvalue weighted by Crippen LogP contribution is 2.40. The van der Waals surface area contributed by atoms with Crippen molar-refractivity contribution in [2.45, 2.75) is 82.5 Å². The third-order valence-corrected chi connectivity index (χ3v) is 8.46. The topological polar surface area (TPSA) is 260 Å². The minimum atomic E-state index is -1.26. The fourth-order valence-corrected chi connectivity index (χ4v) is 6.41. The molecular weight excluding hydrogens is 534 g/mol.